The van der Waals surface area contributed by atoms with Crippen LogP contribution in [0.4, 0.5) is 0 Å². The van der Waals surface area contributed by atoms with Crippen LogP contribution in [0.5, 0.6) is 0 Å². The van der Waals surface area contributed by atoms with Crippen LogP contribution in [0.3, 0.4) is 0 Å². The second-order valence-electron chi connectivity index (χ2n) is 5.46. The van der Waals surface area contributed by atoms with Crippen LogP contribution in [0, 0.1) is 0 Å². The van der Waals surface area contributed by atoms with Crippen molar-refractivity contribution in [3.05, 3.63) is 52.6 Å². The van der Waals surface area contributed by atoms with Gasteiger partial charge in [-0.1, -0.05) is 12.1 Å². The molecule has 0 spiro atoms. The average Bonchev–Trinajstić information content (AvgIpc) is 3.21. The van der Waals surface area contributed by atoms with E-state index in [0.29, 0.717) is 19.8 Å². The van der Waals surface area contributed by atoms with Crippen LogP contribution in [-0.2, 0) is 11.3 Å². The fourth-order valence-electron chi connectivity index (χ4n) is 2.60. The molecule has 3 heterocycles. The Bertz CT molecular complexity index is 577. The van der Waals surface area contributed by atoms with Crippen molar-refractivity contribution in [2.24, 2.45) is 0 Å². The van der Waals surface area contributed by atoms with Gasteiger partial charge in [0.25, 0.3) is 0 Å². The van der Waals surface area contributed by atoms with Gasteiger partial charge in [-0.2, -0.15) is 0 Å². The highest BCUT2D eigenvalue weighted by Crippen LogP contribution is 2.26. The summed E-state index contributed by atoms with van der Waals surface area (Å²) in [6, 6.07) is 7.96. The smallest absolute Gasteiger partial charge is 0.129 e. The molecule has 0 fully saturated rings. The minimum absolute atomic E-state index is 0.332. The summed E-state index contributed by atoms with van der Waals surface area (Å²) in [6.45, 7) is 3.26. The molecule has 0 aliphatic carbocycles. The Morgan fingerprint density at radius 3 is 3.00 bits per heavy atom. The lowest BCUT2D eigenvalue weighted by Gasteiger charge is -2.27. The normalized spacial score (nSPS) is 17.4. The molecular formula is C17H21NO3S. The summed E-state index contributed by atoms with van der Waals surface area (Å²) in [4.78, 5) is 3.62. The Kier molecular flexibility index (Phi) is 5.45. The zero-order valence-corrected chi connectivity index (χ0v) is 13.3. The largest absolute Gasteiger partial charge is 0.467 e. The molecule has 5 heteroatoms. The van der Waals surface area contributed by atoms with E-state index in [1.165, 1.54) is 10.5 Å². The summed E-state index contributed by atoms with van der Waals surface area (Å²) >= 11 is 1.79. The molecule has 0 amide bonds. The van der Waals surface area contributed by atoms with Crippen LogP contribution in [0.1, 0.15) is 17.1 Å². The van der Waals surface area contributed by atoms with Gasteiger partial charge in [0.15, 0.2) is 0 Å². The van der Waals surface area contributed by atoms with Crippen molar-refractivity contribution in [2.75, 3.05) is 26.2 Å². The Morgan fingerprint density at radius 2 is 2.32 bits per heavy atom. The minimum atomic E-state index is -0.466. The highest BCUT2D eigenvalue weighted by Gasteiger charge is 2.16. The molecule has 3 rings (SSSR count). The third-order valence-corrected chi connectivity index (χ3v) is 4.68. The number of β-amino-alcohol motifs (C(OH)–C–C–N with tert-alkyl or cyclic N) is 1. The summed E-state index contributed by atoms with van der Waals surface area (Å²) in [5.41, 5.74) is 1.43. The second-order valence-corrected chi connectivity index (χ2v) is 6.41. The maximum Gasteiger partial charge on any atom is 0.129 e. The molecule has 0 radical (unpaired) electrons. The Labute approximate surface area is 134 Å². The topological polar surface area (TPSA) is 45.8 Å². The number of ether oxygens (including phenoxy) is 1. The lowest BCUT2D eigenvalue weighted by atomic mass is 10.1. The van der Waals surface area contributed by atoms with Crippen molar-refractivity contribution in [1.82, 2.24) is 4.90 Å². The zero-order chi connectivity index (χ0) is 15.2. The summed E-state index contributed by atoms with van der Waals surface area (Å²) in [7, 11) is 0. The Hall–Kier alpha value is -1.40. The van der Waals surface area contributed by atoms with Gasteiger partial charge in [-0.3, -0.25) is 4.90 Å². The fourth-order valence-corrected chi connectivity index (χ4v) is 3.40. The van der Waals surface area contributed by atoms with Gasteiger partial charge in [0.05, 0.1) is 19.0 Å². The molecule has 4 nitrogen and oxygen atoms in total. The van der Waals surface area contributed by atoms with Crippen LogP contribution in [0.15, 0.2) is 46.4 Å². The number of rotatable bonds is 7. The molecule has 0 aromatic carbocycles. The van der Waals surface area contributed by atoms with E-state index >= 15 is 0 Å². The molecule has 0 saturated carbocycles. The molecule has 2 aromatic heterocycles. The van der Waals surface area contributed by atoms with Crippen LogP contribution in [0.2, 0.25) is 0 Å². The van der Waals surface area contributed by atoms with E-state index < -0.39 is 6.10 Å². The van der Waals surface area contributed by atoms with E-state index in [-0.39, 0.29) is 0 Å². The number of thiophene rings is 1. The van der Waals surface area contributed by atoms with Crippen LogP contribution in [0.25, 0.3) is 5.57 Å². The lowest BCUT2D eigenvalue weighted by molar-refractivity contribution is 0.00658. The zero-order valence-electron chi connectivity index (χ0n) is 12.5. The molecular weight excluding hydrogens is 298 g/mol. The standard InChI is InChI=1S/C17H21NO3S/c19-15(12-20-13-16-3-1-9-21-16)11-18-7-5-14(6-8-18)17-4-2-10-22-17/h1-5,9-10,15,19H,6-8,11-13H2. The van der Waals surface area contributed by atoms with Crippen molar-refractivity contribution in [1.29, 1.82) is 0 Å². The predicted molar refractivity (Wildman–Crippen MR) is 87.7 cm³/mol. The first kappa shape index (κ1) is 15.5. The summed E-state index contributed by atoms with van der Waals surface area (Å²) in [5, 5.41) is 12.2. The van der Waals surface area contributed by atoms with E-state index in [2.05, 4.69) is 28.5 Å². The summed E-state index contributed by atoms with van der Waals surface area (Å²) in [5.74, 6) is 0.786. The first-order chi connectivity index (χ1) is 10.8. The summed E-state index contributed by atoms with van der Waals surface area (Å²) < 4.78 is 10.7. The first-order valence-electron chi connectivity index (χ1n) is 7.55. The molecule has 22 heavy (non-hydrogen) atoms. The molecule has 1 atom stereocenters. The number of hydrogen-bond acceptors (Lipinski definition) is 5. The molecule has 2 aromatic rings. The Balaban J connectivity index is 1.38. The van der Waals surface area contributed by atoms with Gasteiger partial charge in [0, 0.05) is 24.5 Å². The van der Waals surface area contributed by atoms with E-state index in [1.54, 1.807) is 17.6 Å². The van der Waals surface area contributed by atoms with Gasteiger partial charge in [0.1, 0.15) is 12.4 Å². The highest BCUT2D eigenvalue weighted by atomic mass is 32.1. The van der Waals surface area contributed by atoms with Gasteiger partial charge < -0.3 is 14.3 Å². The number of aliphatic hydroxyl groups excluding tert-OH is 1. The van der Waals surface area contributed by atoms with E-state index in [1.807, 2.05) is 12.1 Å². The minimum Gasteiger partial charge on any atom is -0.467 e. The third-order valence-electron chi connectivity index (χ3n) is 3.73. The van der Waals surface area contributed by atoms with Crippen molar-refractivity contribution in [2.45, 2.75) is 19.1 Å². The molecule has 1 unspecified atom stereocenters. The van der Waals surface area contributed by atoms with Crippen molar-refractivity contribution >= 4 is 16.9 Å². The monoisotopic (exact) mass is 319 g/mol. The molecule has 1 aliphatic heterocycles. The first-order valence-corrected chi connectivity index (χ1v) is 8.42. The SMILES string of the molecule is OC(COCc1ccco1)CN1CC=C(c2cccs2)CC1. The number of nitrogens with zero attached hydrogens (tertiary/aromatic N) is 1. The fraction of sp³-hybridized carbons (Fsp3) is 0.412. The van der Waals surface area contributed by atoms with Crippen LogP contribution in [-0.4, -0.2) is 42.4 Å². The van der Waals surface area contributed by atoms with Gasteiger partial charge in [-0.15, -0.1) is 11.3 Å². The molecule has 1 N–H and O–H groups in total. The van der Waals surface area contributed by atoms with E-state index in [4.69, 9.17) is 9.15 Å². The van der Waals surface area contributed by atoms with Crippen LogP contribution >= 0.6 is 11.3 Å². The molecule has 1 aliphatic rings. The summed E-state index contributed by atoms with van der Waals surface area (Å²) in [6.07, 6.45) is 4.47. The lowest BCUT2D eigenvalue weighted by Crippen LogP contribution is -2.37. The van der Waals surface area contributed by atoms with Crippen molar-refractivity contribution in [3.63, 3.8) is 0 Å². The number of hydrogen-bond donors (Lipinski definition) is 1. The maximum atomic E-state index is 10.1. The van der Waals surface area contributed by atoms with E-state index in [9.17, 15) is 5.11 Å². The average molecular weight is 319 g/mol. The van der Waals surface area contributed by atoms with E-state index in [0.717, 1.165) is 25.3 Å². The van der Waals surface area contributed by atoms with Crippen molar-refractivity contribution < 1.29 is 14.3 Å². The second kappa shape index (κ2) is 7.74. The Morgan fingerprint density at radius 1 is 1.36 bits per heavy atom. The highest BCUT2D eigenvalue weighted by molar-refractivity contribution is 7.11. The quantitative estimate of drug-likeness (QED) is 0.852. The van der Waals surface area contributed by atoms with Gasteiger partial charge in [0.2, 0.25) is 0 Å². The third kappa shape index (κ3) is 4.30. The molecule has 0 saturated heterocycles. The molecule has 118 valence electrons. The maximum absolute atomic E-state index is 10.1. The predicted octanol–water partition coefficient (Wildman–Crippen LogP) is 3.01. The number of furan rings is 1. The molecule has 0 bridgehead atoms. The van der Waals surface area contributed by atoms with Gasteiger partial charge in [-0.05, 0) is 35.6 Å². The number of aliphatic hydroxyl groups is 1. The van der Waals surface area contributed by atoms with Crippen molar-refractivity contribution in [3.8, 4) is 0 Å². The van der Waals surface area contributed by atoms with Gasteiger partial charge in [-0.25, -0.2) is 0 Å². The van der Waals surface area contributed by atoms with Gasteiger partial charge >= 0.3 is 0 Å². The van der Waals surface area contributed by atoms with Crippen LogP contribution < -0.4 is 0 Å².